The molecule has 25 heavy (non-hydrogen) atoms. The number of halogens is 1. The molecule has 0 atom stereocenters. The second-order valence-electron chi connectivity index (χ2n) is 6.26. The number of benzene rings is 1. The van der Waals surface area contributed by atoms with Crippen LogP contribution in [-0.4, -0.2) is 22.6 Å². The molecule has 0 aliphatic carbocycles. The van der Waals surface area contributed by atoms with Crippen LogP contribution in [0.4, 0.5) is 4.79 Å². The summed E-state index contributed by atoms with van der Waals surface area (Å²) < 4.78 is 5.51. The van der Waals surface area contributed by atoms with Gasteiger partial charge in [-0.15, -0.1) is 0 Å². The molecule has 0 saturated heterocycles. The Hall–Kier alpha value is -2.38. The molecular weight excluding hydrogens is 362 g/mol. The number of hydrogen-bond donors (Lipinski definition) is 3. The maximum atomic E-state index is 12.2. The first-order valence-electron chi connectivity index (χ1n) is 7.45. The Balaban J connectivity index is 1.99. The number of hydrogen-bond acceptors (Lipinski definition) is 4. The first-order valence-corrected chi connectivity index (χ1v) is 8.23. The van der Waals surface area contributed by atoms with Gasteiger partial charge in [0, 0.05) is 11.1 Å². The average molecular weight is 380 g/mol. The maximum Gasteiger partial charge on any atom is 0.321 e. The number of amides is 3. The van der Waals surface area contributed by atoms with Crippen LogP contribution in [0.25, 0.3) is 11.3 Å². The van der Waals surface area contributed by atoms with Gasteiger partial charge in [0.05, 0.1) is 5.02 Å². The van der Waals surface area contributed by atoms with E-state index in [1.807, 2.05) is 26.8 Å². The molecule has 1 aromatic heterocycles. The van der Waals surface area contributed by atoms with Crippen LogP contribution in [0, 0.1) is 0 Å². The number of urea groups is 1. The van der Waals surface area contributed by atoms with Gasteiger partial charge in [0.25, 0.3) is 5.91 Å². The van der Waals surface area contributed by atoms with Crippen LogP contribution in [0.5, 0.6) is 0 Å². The lowest BCUT2D eigenvalue weighted by Crippen LogP contribution is -2.51. The van der Waals surface area contributed by atoms with E-state index in [0.717, 1.165) is 0 Å². The SMILES string of the molecule is CC(C)(C)NC(=O)NC(=S)NC(=O)c1ccc(-c2ccccc2Cl)o1. The minimum absolute atomic E-state index is 0.0512. The molecule has 2 rings (SSSR count). The van der Waals surface area contributed by atoms with Gasteiger partial charge in [0.1, 0.15) is 5.76 Å². The summed E-state index contributed by atoms with van der Waals surface area (Å²) in [5, 5.41) is 7.82. The highest BCUT2D eigenvalue weighted by Crippen LogP contribution is 2.28. The molecule has 3 amide bonds. The van der Waals surface area contributed by atoms with Crippen molar-refractivity contribution in [1.82, 2.24) is 16.0 Å². The van der Waals surface area contributed by atoms with E-state index in [4.69, 9.17) is 28.2 Å². The van der Waals surface area contributed by atoms with Crippen LogP contribution in [0.2, 0.25) is 5.02 Å². The molecule has 0 radical (unpaired) electrons. The Morgan fingerprint density at radius 3 is 2.40 bits per heavy atom. The Morgan fingerprint density at radius 2 is 1.76 bits per heavy atom. The lowest BCUT2D eigenvalue weighted by Gasteiger charge is -2.20. The van der Waals surface area contributed by atoms with Crippen molar-refractivity contribution in [3.05, 3.63) is 47.2 Å². The van der Waals surface area contributed by atoms with E-state index in [-0.39, 0.29) is 10.9 Å². The van der Waals surface area contributed by atoms with Crippen molar-refractivity contribution in [2.75, 3.05) is 0 Å². The largest absolute Gasteiger partial charge is 0.451 e. The number of furan rings is 1. The van der Waals surface area contributed by atoms with E-state index in [0.29, 0.717) is 16.3 Å². The van der Waals surface area contributed by atoms with Gasteiger partial charge in [-0.25, -0.2) is 4.79 Å². The number of carbonyl (C=O) groups excluding carboxylic acids is 2. The Morgan fingerprint density at radius 1 is 1.08 bits per heavy atom. The molecule has 3 N–H and O–H groups in total. The van der Waals surface area contributed by atoms with Crippen molar-refractivity contribution in [1.29, 1.82) is 0 Å². The minimum Gasteiger partial charge on any atom is -0.451 e. The first-order chi connectivity index (χ1) is 11.7. The number of rotatable bonds is 2. The van der Waals surface area contributed by atoms with Crippen LogP contribution < -0.4 is 16.0 Å². The molecule has 1 heterocycles. The fraction of sp³-hybridized carbons (Fsp3) is 0.235. The lowest BCUT2D eigenvalue weighted by molar-refractivity contribution is 0.0951. The van der Waals surface area contributed by atoms with Gasteiger partial charge in [-0.3, -0.25) is 15.4 Å². The molecule has 0 bridgehead atoms. The Bertz CT molecular complexity index is 811. The molecule has 132 valence electrons. The van der Waals surface area contributed by atoms with E-state index in [9.17, 15) is 9.59 Å². The van der Waals surface area contributed by atoms with Gasteiger partial charge in [-0.05, 0) is 57.3 Å². The summed E-state index contributed by atoms with van der Waals surface area (Å²) in [6.07, 6.45) is 0. The number of nitrogens with one attached hydrogen (secondary N) is 3. The minimum atomic E-state index is -0.570. The average Bonchev–Trinajstić information content (AvgIpc) is 2.95. The number of thiocarbonyl (C=S) groups is 1. The third-order valence-corrected chi connectivity index (χ3v) is 3.45. The number of carbonyl (C=O) groups is 2. The molecule has 0 spiro atoms. The highest BCUT2D eigenvalue weighted by atomic mass is 35.5. The first kappa shape index (κ1) is 19.0. The molecular formula is C17H18ClN3O3S. The Labute approximate surface area is 155 Å². The molecule has 0 fully saturated rings. The normalized spacial score (nSPS) is 10.9. The van der Waals surface area contributed by atoms with Crippen LogP contribution >= 0.6 is 23.8 Å². The fourth-order valence-corrected chi connectivity index (χ4v) is 2.35. The molecule has 0 saturated carbocycles. The topological polar surface area (TPSA) is 83.4 Å². The van der Waals surface area contributed by atoms with Crippen LogP contribution in [0.15, 0.2) is 40.8 Å². The second-order valence-corrected chi connectivity index (χ2v) is 7.07. The standard InChI is InChI=1S/C17H18ClN3O3S/c1-17(2,3)21-15(23)20-16(25)19-14(22)13-9-8-12(24-13)10-6-4-5-7-11(10)18/h4-9H,1-3H3,(H3,19,20,21,22,23,25). The fourth-order valence-electron chi connectivity index (χ4n) is 1.94. The summed E-state index contributed by atoms with van der Waals surface area (Å²) in [4.78, 5) is 23.9. The highest BCUT2D eigenvalue weighted by Gasteiger charge is 2.18. The Kier molecular flexibility index (Phi) is 5.81. The molecule has 0 aliphatic heterocycles. The van der Waals surface area contributed by atoms with E-state index >= 15 is 0 Å². The van der Waals surface area contributed by atoms with Crippen molar-refractivity contribution >= 4 is 40.9 Å². The molecule has 0 unspecified atom stereocenters. The predicted molar refractivity (Wildman–Crippen MR) is 101 cm³/mol. The van der Waals surface area contributed by atoms with Gasteiger partial charge in [-0.1, -0.05) is 23.7 Å². The van der Waals surface area contributed by atoms with E-state index in [1.54, 1.807) is 24.3 Å². The summed E-state index contributed by atoms with van der Waals surface area (Å²) in [5.41, 5.74) is 0.252. The van der Waals surface area contributed by atoms with Gasteiger partial charge in [-0.2, -0.15) is 0 Å². The molecule has 2 aromatic rings. The van der Waals surface area contributed by atoms with Gasteiger partial charge in [0.2, 0.25) is 0 Å². The van der Waals surface area contributed by atoms with Crippen LogP contribution in [0.1, 0.15) is 31.3 Å². The third-order valence-electron chi connectivity index (χ3n) is 2.91. The van der Waals surface area contributed by atoms with Crippen molar-refractivity contribution < 1.29 is 14.0 Å². The zero-order valence-corrected chi connectivity index (χ0v) is 15.5. The zero-order valence-electron chi connectivity index (χ0n) is 14.0. The zero-order chi connectivity index (χ0) is 18.6. The predicted octanol–water partition coefficient (Wildman–Crippen LogP) is 3.71. The van der Waals surface area contributed by atoms with Gasteiger partial charge < -0.3 is 9.73 Å². The summed E-state index contributed by atoms with van der Waals surface area (Å²) in [5.74, 6) is -0.0604. The maximum absolute atomic E-state index is 12.2. The van der Waals surface area contributed by atoms with Crippen molar-refractivity contribution in [2.24, 2.45) is 0 Å². The van der Waals surface area contributed by atoms with Crippen molar-refractivity contribution in [3.8, 4) is 11.3 Å². The monoisotopic (exact) mass is 379 g/mol. The van der Waals surface area contributed by atoms with Crippen LogP contribution in [-0.2, 0) is 0 Å². The van der Waals surface area contributed by atoms with Gasteiger partial charge >= 0.3 is 6.03 Å². The van der Waals surface area contributed by atoms with Crippen molar-refractivity contribution in [3.63, 3.8) is 0 Å². The van der Waals surface area contributed by atoms with Crippen molar-refractivity contribution in [2.45, 2.75) is 26.3 Å². The summed E-state index contributed by atoms with van der Waals surface area (Å²) in [6, 6.07) is 9.77. The highest BCUT2D eigenvalue weighted by molar-refractivity contribution is 7.80. The summed E-state index contributed by atoms with van der Waals surface area (Å²) >= 11 is 11.1. The quantitative estimate of drug-likeness (QED) is 0.694. The molecule has 6 nitrogen and oxygen atoms in total. The summed E-state index contributed by atoms with van der Waals surface area (Å²) in [6.45, 7) is 5.48. The molecule has 1 aromatic carbocycles. The second kappa shape index (κ2) is 7.67. The smallest absolute Gasteiger partial charge is 0.321 e. The van der Waals surface area contributed by atoms with E-state index < -0.39 is 17.5 Å². The lowest BCUT2D eigenvalue weighted by atomic mass is 10.1. The third kappa shape index (κ3) is 5.58. The van der Waals surface area contributed by atoms with E-state index in [2.05, 4.69) is 16.0 Å². The van der Waals surface area contributed by atoms with E-state index in [1.165, 1.54) is 6.07 Å². The van der Waals surface area contributed by atoms with Crippen LogP contribution in [0.3, 0.4) is 0 Å². The molecule has 8 heteroatoms. The van der Waals surface area contributed by atoms with Gasteiger partial charge in [0.15, 0.2) is 10.9 Å². The summed E-state index contributed by atoms with van der Waals surface area (Å²) in [7, 11) is 0. The molecule has 0 aliphatic rings.